The summed E-state index contributed by atoms with van der Waals surface area (Å²) in [5, 5.41) is 0.305. The molecule has 1 saturated heterocycles. The molecule has 0 atom stereocenters. The molecule has 1 aromatic heterocycles. The summed E-state index contributed by atoms with van der Waals surface area (Å²) in [5.74, 6) is 4.70. The first kappa shape index (κ1) is 23.9. The van der Waals surface area contributed by atoms with Crippen LogP contribution in [-0.4, -0.2) is 52.5 Å². The van der Waals surface area contributed by atoms with Crippen molar-refractivity contribution in [2.45, 2.75) is 45.4 Å². The number of rotatable bonds is 3. The molecule has 1 amide bonds. The van der Waals surface area contributed by atoms with Crippen LogP contribution in [0.2, 0.25) is 5.02 Å². The van der Waals surface area contributed by atoms with Crippen molar-refractivity contribution >= 4 is 29.1 Å². The Labute approximate surface area is 203 Å². The van der Waals surface area contributed by atoms with E-state index in [0.29, 0.717) is 59.2 Å². The Morgan fingerprint density at radius 2 is 1.79 bits per heavy atom. The number of Topliss-reactive ketones (excluding diaryl/α,β-unsaturated/α-hetero) is 2. The predicted octanol–water partition coefficient (Wildman–Crippen LogP) is 3.76. The molecule has 2 aromatic rings. The summed E-state index contributed by atoms with van der Waals surface area (Å²) >= 11 is 6.51. The molecule has 1 aliphatic carbocycles. The van der Waals surface area contributed by atoms with E-state index in [1.807, 2.05) is 0 Å². The number of likely N-dealkylation sites (tertiary alicyclic amines) is 1. The molecule has 1 aliphatic heterocycles. The molecule has 7 nitrogen and oxygen atoms in total. The van der Waals surface area contributed by atoms with Crippen molar-refractivity contribution in [1.29, 1.82) is 0 Å². The predicted molar refractivity (Wildman–Crippen MR) is 127 cm³/mol. The van der Waals surface area contributed by atoms with E-state index in [2.05, 4.69) is 21.8 Å². The van der Waals surface area contributed by atoms with Crippen molar-refractivity contribution in [1.82, 2.24) is 14.9 Å². The van der Waals surface area contributed by atoms with Crippen LogP contribution >= 0.6 is 11.6 Å². The van der Waals surface area contributed by atoms with Crippen LogP contribution in [0.25, 0.3) is 0 Å². The lowest BCUT2D eigenvalue weighted by molar-refractivity contribution is -0.138. The van der Waals surface area contributed by atoms with Crippen LogP contribution in [0.4, 0.5) is 0 Å². The summed E-state index contributed by atoms with van der Waals surface area (Å²) in [7, 11) is 1.49. The maximum absolute atomic E-state index is 13.3. The second-order valence-electron chi connectivity index (χ2n) is 8.95. The maximum atomic E-state index is 13.3. The third-order valence-electron chi connectivity index (χ3n) is 6.81. The first-order valence-corrected chi connectivity index (χ1v) is 11.6. The zero-order valence-corrected chi connectivity index (χ0v) is 20.2. The van der Waals surface area contributed by atoms with Gasteiger partial charge in [-0.2, -0.15) is 0 Å². The van der Waals surface area contributed by atoms with Gasteiger partial charge in [0.1, 0.15) is 28.9 Å². The number of aryl methyl sites for hydroxylation is 1. The standard InChI is InChI=1S/C26H26ClN3O4/c1-4-5-17-12-18(27)22(21(13-17)34-3)23-19(31)14-26(15-20(23)32)6-10-30(11-7-26)25(33)24-16(2)28-8-9-29-24/h8-9,12-13,23H,6-7,10-11,14-15H2,1-3H3. The molecule has 2 heterocycles. The van der Waals surface area contributed by atoms with Crippen molar-refractivity contribution < 1.29 is 19.1 Å². The molecular formula is C26H26ClN3O4. The minimum atomic E-state index is -0.946. The average molecular weight is 480 g/mol. The molecule has 0 unspecified atom stereocenters. The van der Waals surface area contributed by atoms with E-state index in [9.17, 15) is 14.4 Å². The molecular weight excluding hydrogens is 454 g/mol. The van der Waals surface area contributed by atoms with E-state index in [1.54, 1.807) is 37.1 Å². The number of ketones is 2. The van der Waals surface area contributed by atoms with Crippen molar-refractivity contribution in [3.05, 3.63) is 52.1 Å². The van der Waals surface area contributed by atoms with Gasteiger partial charge in [-0.1, -0.05) is 17.5 Å². The molecule has 1 spiro atoms. The highest BCUT2D eigenvalue weighted by molar-refractivity contribution is 6.32. The van der Waals surface area contributed by atoms with Gasteiger partial charge in [0.15, 0.2) is 0 Å². The highest BCUT2D eigenvalue weighted by atomic mass is 35.5. The summed E-state index contributed by atoms with van der Waals surface area (Å²) in [6, 6.07) is 3.38. The SMILES string of the molecule is CC#Cc1cc(Cl)c(C2C(=O)CC3(CCN(C(=O)c4nccnc4C)CC3)CC2=O)c(OC)c1. The monoisotopic (exact) mass is 479 g/mol. The van der Waals surface area contributed by atoms with Crippen molar-refractivity contribution in [2.24, 2.45) is 5.41 Å². The second-order valence-corrected chi connectivity index (χ2v) is 9.36. The topological polar surface area (TPSA) is 89.5 Å². The van der Waals surface area contributed by atoms with Crippen LogP contribution in [0.3, 0.4) is 0 Å². The minimum Gasteiger partial charge on any atom is -0.496 e. The zero-order chi connectivity index (χ0) is 24.5. The Morgan fingerprint density at radius 3 is 2.38 bits per heavy atom. The quantitative estimate of drug-likeness (QED) is 0.492. The fourth-order valence-electron chi connectivity index (χ4n) is 5.07. The van der Waals surface area contributed by atoms with Crippen LogP contribution in [0, 0.1) is 24.2 Å². The van der Waals surface area contributed by atoms with Gasteiger partial charge in [0.2, 0.25) is 0 Å². The minimum absolute atomic E-state index is 0.157. The number of benzene rings is 1. The molecule has 34 heavy (non-hydrogen) atoms. The lowest BCUT2D eigenvalue weighted by Crippen LogP contribution is -2.48. The van der Waals surface area contributed by atoms with Crippen LogP contribution in [0.15, 0.2) is 24.5 Å². The van der Waals surface area contributed by atoms with Crippen molar-refractivity contribution in [2.75, 3.05) is 20.2 Å². The molecule has 4 rings (SSSR count). The third kappa shape index (κ3) is 4.43. The van der Waals surface area contributed by atoms with Gasteiger partial charge in [0.05, 0.1) is 12.8 Å². The van der Waals surface area contributed by atoms with E-state index >= 15 is 0 Å². The molecule has 0 N–H and O–H groups in total. The molecule has 0 radical (unpaired) electrons. The Morgan fingerprint density at radius 1 is 1.15 bits per heavy atom. The summed E-state index contributed by atoms with van der Waals surface area (Å²) < 4.78 is 5.48. The van der Waals surface area contributed by atoms with Crippen LogP contribution in [0.5, 0.6) is 5.75 Å². The molecule has 2 fully saturated rings. The second kappa shape index (κ2) is 9.55. The van der Waals surface area contributed by atoms with E-state index < -0.39 is 11.3 Å². The van der Waals surface area contributed by atoms with Crippen LogP contribution in [-0.2, 0) is 9.59 Å². The number of methoxy groups -OCH3 is 1. The average Bonchev–Trinajstić information content (AvgIpc) is 2.80. The molecule has 1 aromatic carbocycles. The Hall–Kier alpha value is -3.24. The fourth-order valence-corrected chi connectivity index (χ4v) is 5.39. The summed E-state index contributed by atoms with van der Waals surface area (Å²) in [5.41, 5.74) is 1.57. The molecule has 8 heteroatoms. The zero-order valence-electron chi connectivity index (χ0n) is 19.5. The normalized spacial score (nSPS) is 17.9. The first-order chi connectivity index (χ1) is 16.3. The molecule has 176 valence electrons. The largest absolute Gasteiger partial charge is 0.496 e. The number of hydrogen-bond donors (Lipinski definition) is 0. The van der Waals surface area contributed by atoms with Gasteiger partial charge in [-0.05, 0) is 44.2 Å². The Bertz CT molecular complexity index is 1200. The smallest absolute Gasteiger partial charge is 0.274 e. The Kier molecular flexibility index (Phi) is 6.72. The van der Waals surface area contributed by atoms with E-state index in [0.717, 1.165) is 0 Å². The van der Waals surface area contributed by atoms with E-state index in [1.165, 1.54) is 13.3 Å². The summed E-state index contributed by atoms with van der Waals surface area (Å²) in [6.45, 7) is 4.41. The van der Waals surface area contributed by atoms with Crippen molar-refractivity contribution in [3.63, 3.8) is 0 Å². The number of amides is 1. The maximum Gasteiger partial charge on any atom is 0.274 e. The van der Waals surface area contributed by atoms with Gasteiger partial charge in [0.25, 0.3) is 5.91 Å². The highest BCUT2D eigenvalue weighted by Crippen LogP contribution is 2.48. The van der Waals surface area contributed by atoms with Crippen LogP contribution in [0.1, 0.15) is 65.8 Å². The van der Waals surface area contributed by atoms with Gasteiger partial charge < -0.3 is 9.64 Å². The number of nitrogens with zero attached hydrogens (tertiary/aromatic N) is 3. The van der Waals surface area contributed by atoms with Crippen LogP contribution < -0.4 is 4.74 Å². The number of carbonyl (C=O) groups is 3. The third-order valence-corrected chi connectivity index (χ3v) is 7.12. The van der Waals surface area contributed by atoms with Gasteiger partial charge in [-0.15, -0.1) is 5.92 Å². The lowest BCUT2D eigenvalue weighted by atomic mass is 9.63. The summed E-state index contributed by atoms with van der Waals surface area (Å²) in [6.07, 6.45) is 4.76. The highest BCUT2D eigenvalue weighted by Gasteiger charge is 2.48. The van der Waals surface area contributed by atoms with Gasteiger partial charge in [-0.3, -0.25) is 19.4 Å². The Balaban J connectivity index is 1.52. The van der Waals surface area contributed by atoms with E-state index in [4.69, 9.17) is 16.3 Å². The summed E-state index contributed by atoms with van der Waals surface area (Å²) in [4.78, 5) is 49.6. The van der Waals surface area contributed by atoms with Gasteiger partial charge in [0, 0.05) is 54.5 Å². The van der Waals surface area contributed by atoms with Gasteiger partial charge >= 0.3 is 0 Å². The first-order valence-electron chi connectivity index (χ1n) is 11.2. The number of ether oxygens (including phenoxy) is 1. The van der Waals surface area contributed by atoms with E-state index in [-0.39, 0.29) is 30.3 Å². The number of carbonyl (C=O) groups excluding carboxylic acids is 3. The van der Waals surface area contributed by atoms with Crippen molar-refractivity contribution in [3.8, 4) is 17.6 Å². The number of halogens is 1. The molecule has 2 aliphatic rings. The number of hydrogen-bond acceptors (Lipinski definition) is 6. The molecule has 1 saturated carbocycles. The fraction of sp³-hybridized carbons (Fsp3) is 0.423. The molecule has 0 bridgehead atoms. The number of aromatic nitrogens is 2. The number of piperidine rings is 1. The lowest BCUT2D eigenvalue weighted by Gasteiger charge is -2.44. The van der Waals surface area contributed by atoms with Gasteiger partial charge in [-0.25, -0.2) is 4.98 Å².